The van der Waals surface area contributed by atoms with E-state index < -0.39 is 6.04 Å². The molecule has 170 valence electrons. The number of likely N-dealkylation sites (tertiary alicyclic amines) is 2. The van der Waals surface area contributed by atoms with Crippen LogP contribution in [0.4, 0.5) is 5.69 Å². The number of hydrogen-bond acceptors (Lipinski definition) is 5. The molecule has 2 fully saturated rings. The number of carbonyl (C=O) groups excluding carboxylic acids is 1. The molecular formula is C25H30ClN3O3. The lowest BCUT2D eigenvalue weighted by Crippen LogP contribution is -2.53. The molecule has 2 saturated heterocycles. The molecule has 0 aromatic heterocycles. The average Bonchev–Trinajstić information content (AvgIpc) is 2.83. The minimum absolute atomic E-state index is 0.0114. The van der Waals surface area contributed by atoms with Gasteiger partial charge in [-0.15, -0.1) is 0 Å². The van der Waals surface area contributed by atoms with Crippen LogP contribution in [0.2, 0.25) is 5.02 Å². The van der Waals surface area contributed by atoms with Crippen LogP contribution in [0.15, 0.2) is 48.5 Å². The summed E-state index contributed by atoms with van der Waals surface area (Å²) in [6.45, 7) is 3.34. The fourth-order valence-electron chi connectivity index (χ4n) is 5.16. The molecule has 0 unspecified atom stereocenters. The minimum atomic E-state index is -0.476. The van der Waals surface area contributed by atoms with E-state index in [4.69, 9.17) is 11.6 Å². The van der Waals surface area contributed by atoms with Gasteiger partial charge in [-0.3, -0.25) is 24.7 Å². The van der Waals surface area contributed by atoms with Crippen LogP contribution in [0.3, 0.4) is 0 Å². The van der Waals surface area contributed by atoms with Gasteiger partial charge in [-0.05, 0) is 76.1 Å². The van der Waals surface area contributed by atoms with Crippen molar-refractivity contribution in [3.63, 3.8) is 0 Å². The van der Waals surface area contributed by atoms with Gasteiger partial charge in [0.2, 0.25) is 0 Å². The van der Waals surface area contributed by atoms with Crippen LogP contribution in [-0.2, 0) is 0 Å². The zero-order valence-corrected chi connectivity index (χ0v) is 19.0. The minimum Gasteiger partial charge on any atom is -0.294 e. The Balaban J connectivity index is 1.83. The first-order chi connectivity index (χ1) is 15.6. The molecular weight excluding hydrogens is 426 g/mol. The van der Waals surface area contributed by atoms with Gasteiger partial charge in [0.15, 0.2) is 5.78 Å². The highest BCUT2D eigenvalue weighted by atomic mass is 35.5. The van der Waals surface area contributed by atoms with E-state index in [0.717, 1.165) is 64.7 Å². The Morgan fingerprint density at radius 1 is 0.844 bits per heavy atom. The summed E-state index contributed by atoms with van der Waals surface area (Å²) < 4.78 is 0. The largest absolute Gasteiger partial charge is 0.294 e. The fourth-order valence-corrected chi connectivity index (χ4v) is 5.28. The van der Waals surface area contributed by atoms with Crippen LogP contribution in [0.1, 0.15) is 60.5 Å². The van der Waals surface area contributed by atoms with Gasteiger partial charge in [-0.1, -0.05) is 42.6 Å². The van der Waals surface area contributed by atoms with Crippen LogP contribution >= 0.6 is 11.6 Å². The van der Waals surface area contributed by atoms with E-state index in [2.05, 4.69) is 9.80 Å². The number of halogens is 1. The molecule has 0 amide bonds. The van der Waals surface area contributed by atoms with E-state index in [1.807, 2.05) is 12.1 Å². The second kappa shape index (κ2) is 10.6. The van der Waals surface area contributed by atoms with Crippen molar-refractivity contribution in [1.82, 2.24) is 9.80 Å². The zero-order chi connectivity index (χ0) is 22.5. The Morgan fingerprint density at radius 2 is 1.41 bits per heavy atom. The molecule has 32 heavy (non-hydrogen) atoms. The maximum absolute atomic E-state index is 14.0. The quantitative estimate of drug-likeness (QED) is 0.312. The number of benzene rings is 2. The molecule has 2 aromatic rings. The number of nitrogens with zero attached hydrogens (tertiary/aromatic N) is 3. The molecule has 7 heteroatoms. The molecule has 2 atom stereocenters. The molecule has 0 aliphatic carbocycles. The van der Waals surface area contributed by atoms with E-state index in [1.165, 1.54) is 0 Å². The number of rotatable bonds is 7. The Hall–Kier alpha value is -2.28. The van der Waals surface area contributed by atoms with Gasteiger partial charge in [0.1, 0.15) is 0 Å². The molecule has 0 bridgehead atoms. The van der Waals surface area contributed by atoms with Crippen molar-refractivity contribution >= 4 is 23.1 Å². The van der Waals surface area contributed by atoms with Crippen molar-refractivity contribution in [3.05, 3.63) is 74.8 Å². The Bertz CT molecular complexity index is 938. The predicted octanol–water partition coefficient (Wildman–Crippen LogP) is 5.51. The van der Waals surface area contributed by atoms with E-state index >= 15 is 0 Å². The second-order valence-electron chi connectivity index (χ2n) is 8.77. The molecule has 6 nitrogen and oxygen atoms in total. The molecule has 2 aliphatic rings. The third kappa shape index (κ3) is 5.03. The third-order valence-corrected chi connectivity index (χ3v) is 6.97. The highest BCUT2D eigenvalue weighted by Crippen LogP contribution is 2.37. The molecule has 0 spiro atoms. The van der Waals surface area contributed by atoms with Gasteiger partial charge in [0, 0.05) is 22.2 Å². The van der Waals surface area contributed by atoms with Gasteiger partial charge in [-0.2, -0.15) is 0 Å². The molecule has 0 radical (unpaired) electrons. The van der Waals surface area contributed by atoms with Crippen LogP contribution in [0.25, 0.3) is 0 Å². The maximum Gasteiger partial charge on any atom is 0.274 e. The van der Waals surface area contributed by atoms with E-state index in [0.29, 0.717) is 16.1 Å². The summed E-state index contributed by atoms with van der Waals surface area (Å²) >= 11 is 6.08. The zero-order valence-electron chi connectivity index (χ0n) is 18.3. The van der Waals surface area contributed by atoms with Crippen molar-refractivity contribution in [1.29, 1.82) is 0 Å². The number of carbonyl (C=O) groups is 1. The molecule has 2 heterocycles. The lowest BCUT2D eigenvalue weighted by atomic mass is 9.87. The number of piperidine rings is 2. The van der Waals surface area contributed by atoms with E-state index in [9.17, 15) is 14.9 Å². The van der Waals surface area contributed by atoms with Gasteiger partial charge < -0.3 is 0 Å². The topological polar surface area (TPSA) is 66.7 Å². The molecule has 2 aliphatic heterocycles. The lowest BCUT2D eigenvalue weighted by molar-refractivity contribution is -0.386. The highest BCUT2D eigenvalue weighted by molar-refractivity contribution is 6.30. The number of hydrogen-bond donors (Lipinski definition) is 0. The summed E-state index contributed by atoms with van der Waals surface area (Å²) in [5.41, 5.74) is 1.33. The van der Waals surface area contributed by atoms with Crippen molar-refractivity contribution < 1.29 is 9.72 Å². The van der Waals surface area contributed by atoms with Gasteiger partial charge >= 0.3 is 0 Å². The van der Waals surface area contributed by atoms with Crippen molar-refractivity contribution in [2.24, 2.45) is 0 Å². The summed E-state index contributed by atoms with van der Waals surface area (Å²) in [6, 6.07) is 13.1. The van der Waals surface area contributed by atoms with Gasteiger partial charge in [0.25, 0.3) is 5.69 Å². The first kappa shape index (κ1) is 22.9. The summed E-state index contributed by atoms with van der Waals surface area (Å²) in [5, 5.41) is 12.5. The molecule has 0 N–H and O–H groups in total. The fraction of sp³-hybridized carbons (Fsp3) is 0.480. The molecule has 2 aromatic carbocycles. The number of para-hydroxylation sites is 1. The number of Topliss-reactive ketones (excluding diaryl/α,β-unsaturated/α-hetero) is 1. The average molecular weight is 456 g/mol. The van der Waals surface area contributed by atoms with Gasteiger partial charge in [0.05, 0.1) is 17.0 Å². The summed E-state index contributed by atoms with van der Waals surface area (Å²) in [4.78, 5) is 30.2. The first-order valence-corrected chi connectivity index (χ1v) is 12.0. The van der Waals surface area contributed by atoms with E-state index in [-0.39, 0.29) is 22.4 Å². The smallest absolute Gasteiger partial charge is 0.274 e. The van der Waals surface area contributed by atoms with Crippen LogP contribution in [-0.4, -0.2) is 52.7 Å². The maximum atomic E-state index is 14.0. The highest BCUT2D eigenvalue weighted by Gasteiger charge is 2.41. The normalized spacial score (nSPS) is 19.9. The van der Waals surface area contributed by atoms with E-state index in [1.54, 1.807) is 36.4 Å². The predicted molar refractivity (Wildman–Crippen MR) is 126 cm³/mol. The standard InChI is InChI=1S/C25H30ClN3O3/c26-20-13-11-19(12-14-20)25(30)24(28-17-7-2-8-18-28)23(27-15-5-1-6-16-27)21-9-3-4-10-22(21)29(31)32/h3-4,9-14,23-24H,1-2,5-8,15-18H2/t23-,24-/m0/s1. The van der Waals surface area contributed by atoms with Crippen molar-refractivity contribution in [2.45, 2.75) is 50.6 Å². The number of ketones is 1. The van der Waals surface area contributed by atoms with Crippen molar-refractivity contribution in [3.8, 4) is 0 Å². The summed E-state index contributed by atoms with van der Waals surface area (Å²) in [5.74, 6) is 0.0114. The molecule has 0 saturated carbocycles. The molecule has 4 rings (SSSR count). The van der Waals surface area contributed by atoms with Crippen LogP contribution in [0, 0.1) is 10.1 Å². The van der Waals surface area contributed by atoms with Gasteiger partial charge in [-0.25, -0.2) is 0 Å². The Morgan fingerprint density at radius 3 is 2.00 bits per heavy atom. The van der Waals surface area contributed by atoms with Crippen LogP contribution < -0.4 is 0 Å². The first-order valence-electron chi connectivity index (χ1n) is 11.6. The van der Waals surface area contributed by atoms with Crippen LogP contribution in [0.5, 0.6) is 0 Å². The SMILES string of the molecule is O=C(c1ccc(Cl)cc1)[C@H]([C@H](c1ccccc1[N+](=O)[O-])N1CCCCC1)N1CCCCC1. The van der Waals surface area contributed by atoms with Crippen molar-refractivity contribution in [2.75, 3.05) is 26.2 Å². The summed E-state index contributed by atoms with van der Waals surface area (Å²) in [6.07, 6.45) is 6.46. The Labute approximate surface area is 194 Å². The number of nitro groups is 1. The third-order valence-electron chi connectivity index (χ3n) is 6.72. The lowest BCUT2D eigenvalue weighted by Gasteiger charge is -2.44. The second-order valence-corrected chi connectivity index (χ2v) is 9.21. The number of nitro benzene ring substituents is 1. The summed E-state index contributed by atoms with van der Waals surface area (Å²) in [7, 11) is 0. The Kier molecular flexibility index (Phi) is 7.55. The monoisotopic (exact) mass is 455 g/mol.